The van der Waals surface area contributed by atoms with E-state index in [-0.39, 0.29) is 0 Å². The van der Waals surface area contributed by atoms with Gasteiger partial charge in [-0.1, -0.05) is 38.5 Å². The van der Waals surface area contributed by atoms with Crippen LogP contribution in [-0.4, -0.2) is 14.8 Å². The summed E-state index contributed by atoms with van der Waals surface area (Å²) in [4.78, 5) is 4.76. The van der Waals surface area contributed by atoms with Crippen molar-refractivity contribution in [3.8, 4) is 0 Å². The molecule has 0 bridgehead atoms. The summed E-state index contributed by atoms with van der Waals surface area (Å²) in [6.45, 7) is 5.12. The molecule has 3 rings (SSSR count). The van der Waals surface area contributed by atoms with E-state index in [1.54, 1.807) is 0 Å². The average Bonchev–Trinajstić information content (AvgIpc) is 2.93. The molecule has 0 aliphatic heterocycles. The second-order valence-electron chi connectivity index (χ2n) is 5.91. The first kappa shape index (κ1) is 15.5. The first-order valence-electron chi connectivity index (χ1n) is 8.35. The number of nitrogens with zero attached hydrogens (tertiary/aromatic N) is 3. The maximum absolute atomic E-state index is 4.76. The highest BCUT2D eigenvalue weighted by Gasteiger charge is 2.08. The van der Waals surface area contributed by atoms with Crippen molar-refractivity contribution in [1.82, 2.24) is 14.8 Å². The van der Waals surface area contributed by atoms with Gasteiger partial charge in [0.1, 0.15) is 0 Å². The van der Waals surface area contributed by atoms with Crippen molar-refractivity contribution in [2.24, 2.45) is 7.05 Å². The van der Waals surface area contributed by atoms with Crippen molar-refractivity contribution in [3.05, 3.63) is 53.5 Å². The molecule has 4 heteroatoms. The minimum Gasteiger partial charge on any atom is -0.380 e. The molecule has 0 aliphatic rings. The molecule has 4 nitrogen and oxygen atoms in total. The molecule has 0 saturated heterocycles. The molecule has 0 fully saturated rings. The number of anilines is 1. The van der Waals surface area contributed by atoms with Gasteiger partial charge in [0.15, 0.2) is 0 Å². The van der Waals surface area contributed by atoms with E-state index in [4.69, 9.17) is 4.98 Å². The van der Waals surface area contributed by atoms with Gasteiger partial charge in [-0.15, -0.1) is 0 Å². The summed E-state index contributed by atoms with van der Waals surface area (Å²) < 4.78 is 1.89. The van der Waals surface area contributed by atoms with E-state index in [9.17, 15) is 0 Å². The molecule has 1 N–H and O–H groups in total. The van der Waals surface area contributed by atoms with Crippen molar-refractivity contribution in [2.45, 2.75) is 39.7 Å². The third kappa shape index (κ3) is 3.36. The lowest BCUT2D eigenvalue weighted by atomic mass is 10.1. The van der Waals surface area contributed by atoms with Crippen molar-refractivity contribution < 1.29 is 0 Å². The normalized spacial score (nSPS) is 11.1. The van der Waals surface area contributed by atoms with Crippen LogP contribution in [0.4, 0.5) is 5.69 Å². The largest absolute Gasteiger partial charge is 0.380 e. The number of para-hydroxylation sites is 1. The van der Waals surface area contributed by atoms with Crippen LogP contribution in [0.5, 0.6) is 0 Å². The van der Waals surface area contributed by atoms with Crippen molar-refractivity contribution in [3.63, 3.8) is 0 Å². The van der Waals surface area contributed by atoms with Gasteiger partial charge in [-0.25, -0.2) is 0 Å². The second-order valence-corrected chi connectivity index (χ2v) is 5.91. The van der Waals surface area contributed by atoms with Crippen LogP contribution in [0.2, 0.25) is 0 Å². The molecule has 0 saturated carbocycles. The van der Waals surface area contributed by atoms with Gasteiger partial charge in [0.2, 0.25) is 0 Å². The molecule has 0 aliphatic carbocycles. The second kappa shape index (κ2) is 6.82. The average molecular weight is 308 g/mol. The van der Waals surface area contributed by atoms with Crippen molar-refractivity contribution in [1.29, 1.82) is 0 Å². The molecule has 120 valence electrons. The topological polar surface area (TPSA) is 42.7 Å². The highest BCUT2D eigenvalue weighted by atomic mass is 15.3. The molecule has 0 radical (unpaired) electrons. The zero-order valence-electron chi connectivity index (χ0n) is 14.1. The smallest absolute Gasteiger partial charge is 0.0726 e. The third-order valence-electron chi connectivity index (χ3n) is 4.07. The third-order valence-corrected chi connectivity index (χ3v) is 4.07. The number of fused-ring (bicyclic) bond motifs is 1. The van der Waals surface area contributed by atoms with Crippen LogP contribution in [0.15, 0.2) is 36.5 Å². The van der Waals surface area contributed by atoms with E-state index in [1.807, 2.05) is 17.8 Å². The first-order chi connectivity index (χ1) is 11.2. The molecule has 1 aromatic carbocycles. The lowest BCUT2D eigenvalue weighted by Gasteiger charge is -2.12. The Hall–Kier alpha value is -2.36. The summed E-state index contributed by atoms with van der Waals surface area (Å²) in [7, 11) is 1.98. The molecule has 0 atom stereocenters. The molecule has 0 amide bonds. The van der Waals surface area contributed by atoms with E-state index in [0.717, 1.165) is 48.4 Å². The van der Waals surface area contributed by atoms with Crippen LogP contribution in [0.3, 0.4) is 0 Å². The fraction of sp³-hybridized carbons (Fsp3) is 0.368. The Morgan fingerprint density at radius 2 is 2.00 bits per heavy atom. The predicted octanol–water partition coefficient (Wildman–Crippen LogP) is 4.10. The molecule has 0 spiro atoms. The Labute approximate surface area is 137 Å². The number of hydrogen-bond donors (Lipinski definition) is 1. The quantitative estimate of drug-likeness (QED) is 0.745. The summed E-state index contributed by atoms with van der Waals surface area (Å²) in [6.07, 6.45) is 5.16. The monoisotopic (exact) mass is 308 g/mol. The predicted molar refractivity (Wildman–Crippen MR) is 95.7 cm³/mol. The zero-order chi connectivity index (χ0) is 16.2. The van der Waals surface area contributed by atoms with Crippen LogP contribution in [0.25, 0.3) is 10.9 Å². The van der Waals surface area contributed by atoms with E-state index < -0.39 is 0 Å². The van der Waals surface area contributed by atoms with Gasteiger partial charge in [-0.05, 0) is 25.0 Å². The van der Waals surface area contributed by atoms with Gasteiger partial charge in [-0.3, -0.25) is 9.67 Å². The molecule has 3 aromatic rings. The summed E-state index contributed by atoms with van der Waals surface area (Å²) in [5.41, 5.74) is 5.78. The van der Waals surface area contributed by atoms with Crippen molar-refractivity contribution >= 4 is 16.6 Å². The zero-order valence-corrected chi connectivity index (χ0v) is 14.1. The number of rotatable bonds is 6. The van der Waals surface area contributed by atoms with Gasteiger partial charge < -0.3 is 5.32 Å². The van der Waals surface area contributed by atoms with Gasteiger partial charge in [0, 0.05) is 42.1 Å². The number of aryl methyl sites for hydroxylation is 3. The van der Waals surface area contributed by atoms with Crippen LogP contribution < -0.4 is 5.32 Å². The van der Waals surface area contributed by atoms with Crippen LogP contribution in [0, 0.1) is 0 Å². The SMILES string of the molecule is CCCc1cc(NCc2cn(C)nc2CC)c2ccccc2n1. The Kier molecular flexibility index (Phi) is 4.60. The standard InChI is InChI=1S/C19H24N4/c1-4-8-15-11-19(16-9-6-7-10-18(16)21-15)20-12-14-13-23(3)22-17(14)5-2/h6-7,9-11,13H,4-5,8,12H2,1-3H3,(H,20,21). The minimum absolute atomic E-state index is 0.788. The number of benzene rings is 1. The van der Waals surface area contributed by atoms with E-state index in [1.165, 1.54) is 10.9 Å². The van der Waals surface area contributed by atoms with E-state index in [0.29, 0.717) is 0 Å². The van der Waals surface area contributed by atoms with Gasteiger partial charge in [-0.2, -0.15) is 5.10 Å². The maximum Gasteiger partial charge on any atom is 0.0726 e. The Morgan fingerprint density at radius 1 is 1.17 bits per heavy atom. The highest BCUT2D eigenvalue weighted by Crippen LogP contribution is 2.24. The summed E-state index contributed by atoms with van der Waals surface area (Å²) >= 11 is 0. The molecule has 0 unspecified atom stereocenters. The Balaban J connectivity index is 1.91. The lowest BCUT2D eigenvalue weighted by molar-refractivity contribution is 0.746. The van der Waals surface area contributed by atoms with Crippen LogP contribution >= 0.6 is 0 Å². The maximum atomic E-state index is 4.76. The molecule has 2 aromatic heterocycles. The number of nitrogens with one attached hydrogen (secondary N) is 1. The number of pyridine rings is 1. The number of hydrogen-bond acceptors (Lipinski definition) is 3. The highest BCUT2D eigenvalue weighted by molar-refractivity contribution is 5.91. The Morgan fingerprint density at radius 3 is 2.78 bits per heavy atom. The van der Waals surface area contributed by atoms with Crippen LogP contribution in [-0.2, 0) is 26.4 Å². The lowest BCUT2D eigenvalue weighted by Crippen LogP contribution is -2.03. The molecular weight excluding hydrogens is 284 g/mol. The van der Waals surface area contributed by atoms with Crippen molar-refractivity contribution in [2.75, 3.05) is 5.32 Å². The summed E-state index contributed by atoms with van der Waals surface area (Å²) in [5, 5.41) is 9.29. The fourth-order valence-corrected chi connectivity index (χ4v) is 2.98. The van der Waals surface area contributed by atoms with E-state index in [2.05, 4.69) is 54.7 Å². The molecular formula is C19H24N4. The van der Waals surface area contributed by atoms with Crippen LogP contribution in [0.1, 0.15) is 37.2 Å². The van der Waals surface area contributed by atoms with E-state index >= 15 is 0 Å². The Bertz CT molecular complexity index is 804. The first-order valence-corrected chi connectivity index (χ1v) is 8.35. The molecule has 23 heavy (non-hydrogen) atoms. The number of aromatic nitrogens is 3. The molecule has 2 heterocycles. The fourth-order valence-electron chi connectivity index (χ4n) is 2.98. The van der Waals surface area contributed by atoms with Gasteiger partial charge >= 0.3 is 0 Å². The van der Waals surface area contributed by atoms with Gasteiger partial charge in [0.25, 0.3) is 0 Å². The minimum atomic E-state index is 0.788. The summed E-state index contributed by atoms with van der Waals surface area (Å²) in [6, 6.07) is 10.5. The summed E-state index contributed by atoms with van der Waals surface area (Å²) in [5.74, 6) is 0. The van der Waals surface area contributed by atoms with Gasteiger partial charge in [0.05, 0.1) is 11.2 Å².